The van der Waals surface area contributed by atoms with Gasteiger partial charge in [0.05, 0.1) is 32.0 Å². The van der Waals surface area contributed by atoms with Gasteiger partial charge in [-0.15, -0.1) is 11.3 Å². The summed E-state index contributed by atoms with van der Waals surface area (Å²) >= 11 is 1.74. The van der Waals surface area contributed by atoms with Crippen molar-refractivity contribution < 1.29 is 14.6 Å². The fourth-order valence-corrected chi connectivity index (χ4v) is 2.72. The Balaban J connectivity index is 2.11. The fourth-order valence-electron chi connectivity index (χ4n) is 1.83. The first-order chi connectivity index (χ1) is 9.63. The maximum absolute atomic E-state index is 9.87. The highest BCUT2D eigenvalue weighted by atomic mass is 32.1. The molecule has 0 radical (unpaired) electrons. The van der Waals surface area contributed by atoms with Gasteiger partial charge >= 0.3 is 0 Å². The smallest absolute Gasteiger partial charge is 0.0897 e. The molecular formula is C15H27NO3S. The molecule has 1 aromatic rings. The van der Waals surface area contributed by atoms with Crippen molar-refractivity contribution in [2.75, 3.05) is 26.4 Å². The van der Waals surface area contributed by atoms with Crippen LogP contribution in [-0.4, -0.2) is 43.7 Å². The minimum atomic E-state index is -0.483. The van der Waals surface area contributed by atoms with E-state index in [1.165, 1.54) is 4.88 Å². The quantitative estimate of drug-likeness (QED) is 0.617. The van der Waals surface area contributed by atoms with Crippen LogP contribution in [-0.2, 0) is 9.47 Å². The van der Waals surface area contributed by atoms with Gasteiger partial charge in [0.15, 0.2) is 0 Å². The average Bonchev–Trinajstić information content (AvgIpc) is 2.92. The number of nitrogens with one attached hydrogen (secondary N) is 1. The topological polar surface area (TPSA) is 50.7 Å². The van der Waals surface area contributed by atoms with Gasteiger partial charge in [-0.25, -0.2) is 0 Å². The van der Waals surface area contributed by atoms with E-state index >= 15 is 0 Å². The monoisotopic (exact) mass is 301 g/mol. The van der Waals surface area contributed by atoms with Crippen LogP contribution in [0.2, 0.25) is 0 Å². The normalized spacial score (nSPS) is 14.7. The second-order valence-corrected chi connectivity index (χ2v) is 6.01. The highest BCUT2D eigenvalue weighted by molar-refractivity contribution is 7.10. The zero-order valence-corrected chi connectivity index (χ0v) is 13.5. The number of hydrogen-bond acceptors (Lipinski definition) is 5. The summed E-state index contributed by atoms with van der Waals surface area (Å²) in [7, 11) is 0. The first kappa shape index (κ1) is 17.6. The SMILES string of the molecule is CCC(NCC(O)COCCOC(C)C)c1cccs1. The number of aliphatic hydroxyl groups excluding tert-OH is 1. The second-order valence-electron chi connectivity index (χ2n) is 5.03. The molecule has 20 heavy (non-hydrogen) atoms. The lowest BCUT2D eigenvalue weighted by atomic mass is 10.2. The second kappa shape index (κ2) is 10.3. The Kier molecular flexibility index (Phi) is 9.05. The molecule has 0 spiro atoms. The van der Waals surface area contributed by atoms with Crippen molar-refractivity contribution in [1.82, 2.24) is 5.32 Å². The van der Waals surface area contributed by atoms with E-state index in [1.807, 2.05) is 13.8 Å². The Morgan fingerprint density at radius 3 is 2.75 bits per heavy atom. The number of hydrogen-bond donors (Lipinski definition) is 2. The Hall–Kier alpha value is -0.460. The zero-order chi connectivity index (χ0) is 14.8. The number of rotatable bonds is 11. The van der Waals surface area contributed by atoms with Crippen molar-refractivity contribution >= 4 is 11.3 Å². The van der Waals surface area contributed by atoms with E-state index in [-0.39, 0.29) is 6.10 Å². The largest absolute Gasteiger partial charge is 0.389 e. The molecule has 4 nitrogen and oxygen atoms in total. The third-order valence-electron chi connectivity index (χ3n) is 2.88. The first-order valence-corrected chi connectivity index (χ1v) is 8.15. The predicted octanol–water partition coefficient (Wildman–Crippen LogP) is 2.59. The van der Waals surface area contributed by atoms with Crippen molar-refractivity contribution in [3.05, 3.63) is 22.4 Å². The molecule has 0 bridgehead atoms. The lowest BCUT2D eigenvalue weighted by molar-refractivity contribution is -0.0105. The summed E-state index contributed by atoms with van der Waals surface area (Å²) < 4.78 is 10.8. The highest BCUT2D eigenvalue weighted by Gasteiger charge is 2.12. The Bertz CT molecular complexity index is 330. The molecular weight excluding hydrogens is 274 g/mol. The minimum Gasteiger partial charge on any atom is -0.389 e. The summed E-state index contributed by atoms with van der Waals surface area (Å²) in [6, 6.07) is 4.49. The molecule has 0 aliphatic rings. The molecule has 1 heterocycles. The Morgan fingerprint density at radius 1 is 1.35 bits per heavy atom. The van der Waals surface area contributed by atoms with Gasteiger partial charge in [-0.3, -0.25) is 0 Å². The van der Waals surface area contributed by atoms with Gasteiger partial charge in [0.25, 0.3) is 0 Å². The molecule has 2 unspecified atom stereocenters. The van der Waals surface area contributed by atoms with E-state index in [0.717, 1.165) is 6.42 Å². The van der Waals surface area contributed by atoms with Crippen LogP contribution in [0, 0.1) is 0 Å². The van der Waals surface area contributed by atoms with Gasteiger partial charge < -0.3 is 19.9 Å². The van der Waals surface area contributed by atoms with Crippen molar-refractivity contribution in [1.29, 1.82) is 0 Å². The molecule has 1 rings (SSSR count). The Morgan fingerprint density at radius 2 is 2.15 bits per heavy atom. The number of aliphatic hydroxyl groups is 1. The summed E-state index contributed by atoms with van der Waals surface area (Å²) in [6.45, 7) is 8.12. The summed E-state index contributed by atoms with van der Waals surface area (Å²) in [5.74, 6) is 0. The van der Waals surface area contributed by atoms with Gasteiger partial charge in [-0.05, 0) is 31.7 Å². The molecule has 0 saturated heterocycles. The molecule has 0 fully saturated rings. The van der Waals surface area contributed by atoms with Crippen LogP contribution in [0.5, 0.6) is 0 Å². The summed E-state index contributed by atoms with van der Waals surface area (Å²) in [5.41, 5.74) is 0. The minimum absolute atomic E-state index is 0.223. The number of ether oxygens (including phenoxy) is 2. The fraction of sp³-hybridized carbons (Fsp3) is 0.733. The van der Waals surface area contributed by atoms with Crippen LogP contribution in [0.1, 0.15) is 38.1 Å². The summed E-state index contributed by atoms with van der Waals surface area (Å²) in [5, 5.41) is 15.3. The van der Waals surface area contributed by atoms with E-state index in [4.69, 9.17) is 9.47 Å². The van der Waals surface area contributed by atoms with E-state index in [9.17, 15) is 5.11 Å². The molecule has 0 saturated carbocycles. The third kappa shape index (κ3) is 7.36. The van der Waals surface area contributed by atoms with Crippen molar-refractivity contribution in [3.8, 4) is 0 Å². The molecule has 0 aliphatic carbocycles. The first-order valence-electron chi connectivity index (χ1n) is 7.27. The zero-order valence-electron chi connectivity index (χ0n) is 12.7. The van der Waals surface area contributed by atoms with Crippen LogP contribution >= 0.6 is 11.3 Å². The van der Waals surface area contributed by atoms with Crippen molar-refractivity contribution in [2.24, 2.45) is 0 Å². The van der Waals surface area contributed by atoms with E-state index < -0.39 is 6.10 Å². The molecule has 1 aromatic heterocycles. The maximum atomic E-state index is 9.87. The lowest BCUT2D eigenvalue weighted by Gasteiger charge is -2.18. The van der Waals surface area contributed by atoms with Gasteiger partial charge in [0, 0.05) is 17.5 Å². The predicted molar refractivity (Wildman–Crippen MR) is 83.3 cm³/mol. The molecule has 2 atom stereocenters. The van der Waals surface area contributed by atoms with Crippen LogP contribution in [0.25, 0.3) is 0 Å². The highest BCUT2D eigenvalue weighted by Crippen LogP contribution is 2.21. The molecule has 0 amide bonds. The molecule has 0 aromatic carbocycles. The van der Waals surface area contributed by atoms with Crippen molar-refractivity contribution in [2.45, 2.75) is 45.4 Å². The summed E-state index contributed by atoms with van der Waals surface area (Å²) in [4.78, 5) is 1.31. The average molecular weight is 301 g/mol. The third-order valence-corrected chi connectivity index (χ3v) is 3.87. The number of thiophene rings is 1. The van der Waals surface area contributed by atoms with Gasteiger partial charge in [0.2, 0.25) is 0 Å². The van der Waals surface area contributed by atoms with Gasteiger partial charge in [-0.2, -0.15) is 0 Å². The van der Waals surface area contributed by atoms with Gasteiger partial charge in [0.1, 0.15) is 0 Å². The van der Waals surface area contributed by atoms with Crippen LogP contribution < -0.4 is 5.32 Å². The standard InChI is InChI=1S/C15H27NO3S/c1-4-14(15-6-5-9-20-15)16-10-13(17)11-18-7-8-19-12(2)3/h5-6,9,12-14,16-17H,4,7-8,10-11H2,1-3H3. The molecule has 2 N–H and O–H groups in total. The van der Waals surface area contributed by atoms with E-state index in [1.54, 1.807) is 11.3 Å². The van der Waals surface area contributed by atoms with Crippen LogP contribution in [0.3, 0.4) is 0 Å². The van der Waals surface area contributed by atoms with Crippen molar-refractivity contribution in [3.63, 3.8) is 0 Å². The summed E-state index contributed by atoms with van der Waals surface area (Å²) in [6.07, 6.45) is 0.750. The van der Waals surface area contributed by atoms with Gasteiger partial charge in [-0.1, -0.05) is 13.0 Å². The van der Waals surface area contributed by atoms with E-state index in [2.05, 4.69) is 29.8 Å². The van der Waals surface area contributed by atoms with Crippen LogP contribution in [0.15, 0.2) is 17.5 Å². The Labute approximate surface area is 126 Å². The van der Waals surface area contributed by atoms with Crippen LogP contribution in [0.4, 0.5) is 0 Å². The molecule has 0 aliphatic heterocycles. The maximum Gasteiger partial charge on any atom is 0.0897 e. The molecule has 116 valence electrons. The van der Waals surface area contributed by atoms with E-state index in [0.29, 0.717) is 32.4 Å². The molecule has 5 heteroatoms. The lowest BCUT2D eigenvalue weighted by Crippen LogP contribution is -2.33.